The number of nitrogens with zero attached hydrogens (tertiary/aromatic N) is 1. The maximum atomic E-state index is 12.1. The Morgan fingerprint density at radius 1 is 1.42 bits per heavy atom. The normalized spacial score (nSPS) is 22.6. The van der Waals surface area contributed by atoms with Crippen LogP contribution < -0.4 is 4.74 Å². The molecule has 0 saturated carbocycles. The molecule has 2 atom stereocenters. The number of hydrogen-bond donors (Lipinski definition) is 2. The van der Waals surface area contributed by atoms with Crippen molar-refractivity contribution in [3.63, 3.8) is 0 Å². The maximum Gasteiger partial charge on any atom is 0.414 e. The van der Waals surface area contributed by atoms with Gasteiger partial charge in [-0.25, -0.2) is 9.69 Å². The number of carbonyl (C=O) groups is 2. The van der Waals surface area contributed by atoms with Gasteiger partial charge in [-0.1, -0.05) is 12.1 Å². The Labute approximate surface area is 110 Å². The van der Waals surface area contributed by atoms with Gasteiger partial charge in [0.05, 0.1) is 25.7 Å². The molecule has 0 unspecified atom stereocenters. The van der Waals surface area contributed by atoms with E-state index in [4.69, 9.17) is 9.84 Å². The highest BCUT2D eigenvalue weighted by molar-refractivity contribution is 5.97. The van der Waals surface area contributed by atoms with Crippen molar-refractivity contribution in [3.8, 4) is 5.75 Å². The molecular weight excluding hydrogens is 250 g/mol. The van der Waals surface area contributed by atoms with Crippen LogP contribution in [-0.2, 0) is 4.79 Å². The van der Waals surface area contributed by atoms with Crippen LogP contribution in [0.15, 0.2) is 24.3 Å². The van der Waals surface area contributed by atoms with Crippen LogP contribution in [0.25, 0.3) is 0 Å². The predicted octanol–water partition coefficient (Wildman–Crippen LogP) is 1.05. The smallest absolute Gasteiger partial charge is 0.414 e. The average Bonchev–Trinajstić information content (AvgIpc) is 2.76. The van der Waals surface area contributed by atoms with Crippen LogP contribution in [0, 0.1) is 0 Å². The number of likely N-dealkylation sites (tertiary alicyclic amines) is 1. The van der Waals surface area contributed by atoms with E-state index in [1.165, 1.54) is 0 Å². The summed E-state index contributed by atoms with van der Waals surface area (Å²) in [5.74, 6) is -0.348. The lowest BCUT2D eigenvalue weighted by molar-refractivity contribution is -0.128. The standard InChI is InChI=1S/C13H15NO5/c1-19-10-4-2-8(3-5-10)11-6-9(7-15)14(12(11)16)13(17)18/h2-5,9,11,15H,6-7H2,1H3,(H,17,18)/t9-,11+/m1/s1. The predicted molar refractivity (Wildman–Crippen MR) is 66.1 cm³/mol. The third kappa shape index (κ3) is 2.39. The molecule has 19 heavy (non-hydrogen) atoms. The molecule has 0 spiro atoms. The van der Waals surface area contributed by atoms with Gasteiger partial charge >= 0.3 is 6.09 Å². The Hall–Kier alpha value is -2.08. The highest BCUT2D eigenvalue weighted by atomic mass is 16.5. The van der Waals surface area contributed by atoms with E-state index in [0.717, 1.165) is 10.5 Å². The number of benzene rings is 1. The number of rotatable bonds is 3. The highest BCUT2D eigenvalue weighted by Gasteiger charge is 2.43. The lowest BCUT2D eigenvalue weighted by Crippen LogP contribution is -2.39. The number of hydrogen-bond acceptors (Lipinski definition) is 4. The van der Waals surface area contributed by atoms with E-state index in [1.807, 2.05) is 0 Å². The van der Waals surface area contributed by atoms with E-state index in [9.17, 15) is 14.7 Å². The van der Waals surface area contributed by atoms with Crippen LogP contribution in [0.5, 0.6) is 5.75 Å². The molecule has 1 aromatic carbocycles. The van der Waals surface area contributed by atoms with Gasteiger partial charge in [-0.3, -0.25) is 4.79 Å². The fourth-order valence-corrected chi connectivity index (χ4v) is 2.35. The number of imide groups is 1. The molecule has 6 heteroatoms. The summed E-state index contributed by atoms with van der Waals surface area (Å²) in [7, 11) is 1.55. The first-order valence-corrected chi connectivity index (χ1v) is 5.89. The Kier molecular flexibility index (Phi) is 3.71. The van der Waals surface area contributed by atoms with Crippen molar-refractivity contribution in [2.45, 2.75) is 18.4 Å². The summed E-state index contributed by atoms with van der Waals surface area (Å²) >= 11 is 0. The summed E-state index contributed by atoms with van der Waals surface area (Å²) in [5.41, 5.74) is 0.730. The van der Waals surface area contributed by atoms with E-state index in [1.54, 1.807) is 31.4 Å². The minimum Gasteiger partial charge on any atom is -0.497 e. The molecule has 0 bridgehead atoms. The molecule has 6 nitrogen and oxygen atoms in total. The van der Waals surface area contributed by atoms with Gasteiger partial charge < -0.3 is 14.9 Å². The van der Waals surface area contributed by atoms with Gasteiger partial charge in [-0.2, -0.15) is 0 Å². The minimum absolute atomic E-state index is 0.300. The second-order valence-electron chi connectivity index (χ2n) is 4.39. The van der Waals surface area contributed by atoms with E-state index >= 15 is 0 Å². The first kappa shape index (κ1) is 13.4. The molecule has 1 aliphatic rings. The van der Waals surface area contributed by atoms with Gasteiger partial charge in [0.25, 0.3) is 0 Å². The second-order valence-corrected chi connectivity index (χ2v) is 4.39. The summed E-state index contributed by atoms with van der Waals surface area (Å²) in [6.45, 7) is -0.356. The fraction of sp³-hybridized carbons (Fsp3) is 0.385. The number of ether oxygens (including phenoxy) is 1. The van der Waals surface area contributed by atoms with E-state index < -0.39 is 24.0 Å². The molecule has 0 aliphatic carbocycles. The molecular formula is C13H15NO5. The van der Waals surface area contributed by atoms with Crippen molar-refractivity contribution < 1.29 is 24.5 Å². The molecule has 0 radical (unpaired) electrons. The Morgan fingerprint density at radius 3 is 2.47 bits per heavy atom. The van der Waals surface area contributed by atoms with Gasteiger partial charge in [-0.05, 0) is 24.1 Å². The molecule has 1 heterocycles. The molecule has 102 valence electrons. The van der Waals surface area contributed by atoms with Crippen molar-refractivity contribution in [2.24, 2.45) is 0 Å². The topological polar surface area (TPSA) is 87.1 Å². The largest absolute Gasteiger partial charge is 0.497 e. The number of carboxylic acid groups (broad SMARTS) is 1. The van der Waals surface area contributed by atoms with Crippen molar-refractivity contribution in [3.05, 3.63) is 29.8 Å². The monoisotopic (exact) mass is 265 g/mol. The minimum atomic E-state index is -1.32. The van der Waals surface area contributed by atoms with E-state index in [-0.39, 0.29) is 6.61 Å². The van der Waals surface area contributed by atoms with Gasteiger partial charge in [0, 0.05) is 0 Å². The molecule has 1 fully saturated rings. The van der Waals surface area contributed by atoms with Crippen LogP contribution in [0.2, 0.25) is 0 Å². The Balaban J connectivity index is 2.25. The third-order valence-corrected chi connectivity index (χ3v) is 3.34. The lowest BCUT2D eigenvalue weighted by Gasteiger charge is -2.16. The second kappa shape index (κ2) is 5.27. The van der Waals surface area contributed by atoms with E-state index in [2.05, 4.69) is 0 Å². The van der Waals surface area contributed by atoms with Gasteiger partial charge in [0.2, 0.25) is 5.91 Å². The van der Waals surface area contributed by atoms with Crippen LogP contribution in [0.3, 0.4) is 0 Å². The number of carbonyl (C=O) groups excluding carboxylic acids is 1. The molecule has 2 rings (SSSR count). The van der Waals surface area contributed by atoms with Crippen LogP contribution in [0.4, 0.5) is 4.79 Å². The number of amides is 2. The summed E-state index contributed by atoms with van der Waals surface area (Å²) in [6, 6.07) is 6.25. The van der Waals surface area contributed by atoms with Gasteiger partial charge in [0.1, 0.15) is 5.75 Å². The molecule has 1 aliphatic heterocycles. The van der Waals surface area contributed by atoms with Gasteiger partial charge in [0.15, 0.2) is 0 Å². The fourth-order valence-electron chi connectivity index (χ4n) is 2.35. The van der Waals surface area contributed by atoms with Crippen molar-refractivity contribution in [2.75, 3.05) is 13.7 Å². The van der Waals surface area contributed by atoms with Crippen LogP contribution in [0.1, 0.15) is 17.9 Å². The van der Waals surface area contributed by atoms with Crippen molar-refractivity contribution in [1.29, 1.82) is 0 Å². The molecule has 2 N–H and O–H groups in total. The summed E-state index contributed by atoms with van der Waals surface area (Å²) in [5, 5.41) is 18.2. The maximum absolute atomic E-state index is 12.1. The first-order valence-electron chi connectivity index (χ1n) is 5.89. The molecule has 1 aromatic rings. The summed E-state index contributed by atoms with van der Waals surface area (Å²) in [6.07, 6.45) is -1.02. The molecule has 2 amide bonds. The number of aliphatic hydroxyl groups is 1. The lowest BCUT2D eigenvalue weighted by atomic mass is 9.96. The van der Waals surface area contributed by atoms with Crippen LogP contribution in [-0.4, -0.2) is 46.9 Å². The van der Waals surface area contributed by atoms with E-state index in [0.29, 0.717) is 12.2 Å². The quantitative estimate of drug-likeness (QED) is 0.853. The Bertz CT molecular complexity index is 484. The number of aliphatic hydroxyl groups excluding tert-OH is 1. The number of methoxy groups -OCH3 is 1. The third-order valence-electron chi connectivity index (χ3n) is 3.34. The summed E-state index contributed by atoms with van der Waals surface area (Å²) < 4.78 is 5.03. The molecule has 1 saturated heterocycles. The SMILES string of the molecule is COc1ccc([C@@H]2C[C@H](CO)N(C(=O)O)C2=O)cc1. The molecule has 0 aromatic heterocycles. The zero-order chi connectivity index (χ0) is 14.0. The summed E-state index contributed by atoms with van der Waals surface area (Å²) in [4.78, 5) is 23.8. The zero-order valence-corrected chi connectivity index (χ0v) is 10.4. The zero-order valence-electron chi connectivity index (χ0n) is 10.4. The highest BCUT2D eigenvalue weighted by Crippen LogP contribution is 2.33. The van der Waals surface area contributed by atoms with Crippen molar-refractivity contribution in [1.82, 2.24) is 4.90 Å². The van der Waals surface area contributed by atoms with Crippen molar-refractivity contribution >= 4 is 12.0 Å². The van der Waals surface area contributed by atoms with Gasteiger partial charge in [-0.15, -0.1) is 0 Å². The first-order chi connectivity index (χ1) is 9.08. The average molecular weight is 265 g/mol. The van der Waals surface area contributed by atoms with Crippen LogP contribution >= 0.6 is 0 Å². The Morgan fingerprint density at radius 2 is 2.05 bits per heavy atom.